The summed E-state index contributed by atoms with van der Waals surface area (Å²) in [5.74, 6) is -0.543. The highest BCUT2D eigenvalue weighted by Gasteiger charge is 2.15. The van der Waals surface area contributed by atoms with Gasteiger partial charge in [-0.15, -0.1) is 0 Å². The molecule has 1 aromatic heterocycles. The minimum Gasteiger partial charge on any atom is -0.378 e. The number of nitrogens with one attached hydrogen (secondary N) is 1. The van der Waals surface area contributed by atoms with Crippen molar-refractivity contribution in [1.29, 1.82) is 0 Å². The molecule has 2 aromatic carbocycles. The van der Waals surface area contributed by atoms with Crippen molar-refractivity contribution in [2.45, 2.75) is 6.92 Å². The molecule has 0 spiro atoms. The Morgan fingerprint density at radius 1 is 1.12 bits per heavy atom. The van der Waals surface area contributed by atoms with Gasteiger partial charge in [-0.2, -0.15) is 5.10 Å². The fourth-order valence-electron chi connectivity index (χ4n) is 2.69. The first-order valence-electron chi connectivity index (χ1n) is 8.24. The maximum atomic E-state index is 13.5. The van der Waals surface area contributed by atoms with Gasteiger partial charge in [0, 0.05) is 38.1 Å². The third-order valence-electron chi connectivity index (χ3n) is 4.21. The summed E-state index contributed by atoms with van der Waals surface area (Å²) in [5, 5.41) is 7.13. The fourth-order valence-corrected chi connectivity index (χ4v) is 2.69. The standard InChI is InChI=1S/C20H21FN4O/c1-13-11-14(5-10-17(13)21)19-12-18(23-25(19)4)20(26)22-15-6-8-16(9-7-15)24(2)3/h5-12H,1-4H3,(H,22,26). The van der Waals surface area contributed by atoms with Crippen molar-refractivity contribution in [3.8, 4) is 11.3 Å². The van der Waals surface area contributed by atoms with Crippen LogP contribution in [-0.2, 0) is 7.05 Å². The van der Waals surface area contributed by atoms with E-state index in [9.17, 15) is 9.18 Å². The lowest BCUT2D eigenvalue weighted by molar-refractivity contribution is 0.102. The molecule has 1 N–H and O–H groups in total. The summed E-state index contributed by atoms with van der Waals surface area (Å²) in [6.07, 6.45) is 0. The van der Waals surface area contributed by atoms with Crippen molar-refractivity contribution in [2.75, 3.05) is 24.3 Å². The van der Waals surface area contributed by atoms with Crippen LogP contribution in [0.4, 0.5) is 15.8 Å². The Bertz CT molecular complexity index is 945. The van der Waals surface area contributed by atoms with E-state index < -0.39 is 0 Å². The van der Waals surface area contributed by atoms with E-state index >= 15 is 0 Å². The molecule has 0 atom stereocenters. The Balaban J connectivity index is 1.81. The first kappa shape index (κ1) is 17.7. The number of aryl methyl sites for hydroxylation is 2. The van der Waals surface area contributed by atoms with E-state index in [4.69, 9.17) is 0 Å². The van der Waals surface area contributed by atoms with Gasteiger partial charge in [-0.1, -0.05) is 0 Å². The van der Waals surface area contributed by atoms with Gasteiger partial charge in [0.2, 0.25) is 0 Å². The number of nitrogens with zero attached hydrogens (tertiary/aromatic N) is 3. The van der Waals surface area contributed by atoms with Crippen LogP contribution in [-0.4, -0.2) is 29.8 Å². The number of benzene rings is 2. The highest BCUT2D eigenvalue weighted by Crippen LogP contribution is 2.23. The molecular formula is C20H21FN4O. The monoisotopic (exact) mass is 352 g/mol. The van der Waals surface area contributed by atoms with Crippen molar-refractivity contribution in [3.05, 3.63) is 65.6 Å². The van der Waals surface area contributed by atoms with Gasteiger partial charge < -0.3 is 10.2 Å². The van der Waals surface area contributed by atoms with Crippen molar-refractivity contribution >= 4 is 17.3 Å². The molecule has 134 valence electrons. The van der Waals surface area contributed by atoms with Gasteiger partial charge in [0.25, 0.3) is 5.91 Å². The van der Waals surface area contributed by atoms with Crippen LogP contribution in [0.1, 0.15) is 16.1 Å². The molecule has 26 heavy (non-hydrogen) atoms. The quantitative estimate of drug-likeness (QED) is 0.776. The topological polar surface area (TPSA) is 50.2 Å². The first-order valence-corrected chi connectivity index (χ1v) is 8.24. The third-order valence-corrected chi connectivity index (χ3v) is 4.21. The average molecular weight is 352 g/mol. The number of hydrogen-bond donors (Lipinski definition) is 1. The lowest BCUT2D eigenvalue weighted by Gasteiger charge is -2.12. The lowest BCUT2D eigenvalue weighted by Crippen LogP contribution is -2.13. The van der Waals surface area contributed by atoms with Crippen LogP contribution in [0.25, 0.3) is 11.3 Å². The van der Waals surface area contributed by atoms with Crippen molar-refractivity contribution in [3.63, 3.8) is 0 Å². The van der Waals surface area contributed by atoms with Crippen molar-refractivity contribution in [1.82, 2.24) is 9.78 Å². The third kappa shape index (κ3) is 3.59. The zero-order valence-electron chi connectivity index (χ0n) is 15.2. The van der Waals surface area contributed by atoms with Crippen LogP contribution in [0.15, 0.2) is 48.5 Å². The predicted molar refractivity (Wildman–Crippen MR) is 102 cm³/mol. The molecule has 6 heteroatoms. The molecule has 0 fully saturated rings. The molecule has 1 heterocycles. The number of amides is 1. The summed E-state index contributed by atoms with van der Waals surface area (Å²) in [7, 11) is 5.68. The van der Waals surface area contributed by atoms with Crippen LogP contribution < -0.4 is 10.2 Å². The highest BCUT2D eigenvalue weighted by molar-refractivity contribution is 6.03. The fraction of sp³-hybridized carbons (Fsp3) is 0.200. The van der Waals surface area contributed by atoms with Gasteiger partial charge in [0.1, 0.15) is 5.82 Å². The number of anilines is 2. The van der Waals surface area contributed by atoms with Gasteiger partial charge in [0.05, 0.1) is 5.69 Å². The summed E-state index contributed by atoms with van der Waals surface area (Å²) < 4.78 is 15.1. The Labute approximate surface area is 152 Å². The normalized spacial score (nSPS) is 10.7. The van der Waals surface area contributed by atoms with Crippen LogP contribution in [0.5, 0.6) is 0 Å². The molecule has 0 aliphatic heterocycles. The SMILES string of the molecule is Cc1cc(-c2cc(C(=O)Nc3ccc(N(C)C)cc3)nn2C)ccc1F. The Morgan fingerprint density at radius 2 is 1.81 bits per heavy atom. The lowest BCUT2D eigenvalue weighted by atomic mass is 10.1. The summed E-state index contributed by atoms with van der Waals surface area (Å²) in [4.78, 5) is 14.5. The maximum absolute atomic E-state index is 13.5. The Kier molecular flexibility index (Phi) is 4.75. The number of halogens is 1. The van der Waals surface area contributed by atoms with Gasteiger partial charge in [-0.25, -0.2) is 4.39 Å². The van der Waals surface area contributed by atoms with Crippen molar-refractivity contribution in [2.24, 2.45) is 7.05 Å². The summed E-state index contributed by atoms with van der Waals surface area (Å²) in [6.45, 7) is 1.71. The van der Waals surface area contributed by atoms with Gasteiger partial charge in [0.15, 0.2) is 5.69 Å². The number of hydrogen-bond acceptors (Lipinski definition) is 3. The molecule has 3 rings (SSSR count). The minimum atomic E-state index is -0.289. The number of carbonyl (C=O) groups excluding carboxylic acids is 1. The zero-order chi connectivity index (χ0) is 18.8. The van der Waals surface area contributed by atoms with Crippen LogP contribution in [0.2, 0.25) is 0 Å². The van der Waals surface area contributed by atoms with Gasteiger partial charge >= 0.3 is 0 Å². The second-order valence-corrected chi connectivity index (χ2v) is 6.40. The first-order chi connectivity index (χ1) is 12.3. The van der Waals surface area contributed by atoms with Gasteiger partial charge in [-0.3, -0.25) is 9.48 Å². The van der Waals surface area contributed by atoms with Crippen molar-refractivity contribution < 1.29 is 9.18 Å². The largest absolute Gasteiger partial charge is 0.378 e. The molecule has 0 bridgehead atoms. The molecule has 3 aromatic rings. The minimum absolute atomic E-state index is 0.255. The second kappa shape index (κ2) is 7.00. The molecule has 0 aliphatic rings. The van der Waals surface area contributed by atoms with Crippen LogP contribution in [0, 0.1) is 12.7 Å². The molecule has 0 saturated carbocycles. The molecule has 0 radical (unpaired) electrons. The summed E-state index contributed by atoms with van der Waals surface area (Å²) >= 11 is 0. The van der Waals surface area contributed by atoms with E-state index in [1.807, 2.05) is 43.3 Å². The summed E-state index contributed by atoms with van der Waals surface area (Å²) in [5.41, 5.74) is 4.17. The zero-order valence-corrected chi connectivity index (χ0v) is 15.2. The van der Waals surface area contributed by atoms with E-state index in [0.717, 1.165) is 16.9 Å². The Morgan fingerprint density at radius 3 is 2.42 bits per heavy atom. The van der Waals surface area contributed by atoms with E-state index in [1.165, 1.54) is 6.07 Å². The maximum Gasteiger partial charge on any atom is 0.276 e. The van der Waals surface area contributed by atoms with E-state index in [-0.39, 0.29) is 11.7 Å². The molecule has 5 nitrogen and oxygen atoms in total. The second-order valence-electron chi connectivity index (χ2n) is 6.40. The van der Waals surface area contributed by atoms with Crippen LogP contribution >= 0.6 is 0 Å². The smallest absolute Gasteiger partial charge is 0.276 e. The van der Waals surface area contributed by atoms with Crippen LogP contribution in [0.3, 0.4) is 0 Å². The number of aromatic nitrogens is 2. The predicted octanol–water partition coefficient (Wildman–Crippen LogP) is 3.85. The Hall–Kier alpha value is -3.15. The number of carbonyl (C=O) groups is 1. The molecule has 0 saturated heterocycles. The molecule has 0 aliphatic carbocycles. The number of rotatable bonds is 4. The molecular weight excluding hydrogens is 331 g/mol. The highest BCUT2D eigenvalue weighted by atomic mass is 19.1. The average Bonchev–Trinajstić information content (AvgIpc) is 3.00. The molecule has 1 amide bonds. The van der Waals surface area contributed by atoms with E-state index in [0.29, 0.717) is 16.9 Å². The van der Waals surface area contributed by atoms with E-state index in [1.54, 1.807) is 36.9 Å². The van der Waals surface area contributed by atoms with Gasteiger partial charge in [-0.05, 0) is 61.0 Å². The molecule has 0 unspecified atom stereocenters. The van der Waals surface area contributed by atoms with E-state index in [2.05, 4.69) is 10.4 Å². The summed E-state index contributed by atoms with van der Waals surface area (Å²) in [6, 6.07) is 14.1.